The summed E-state index contributed by atoms with van der Waals surface area (Å²) in [4.78, 5) is 2.30. The lowest BCUT2D eigenvalue weighted by atomic mass is 9.86. The minimum absolute atomic E-state index is 1.05. The van der Waals surface area contributed by atoms with Crippen LogP contribution in [0.3, 0.4) is 0 Å². The van der Waals surface area contributed by atoms with Crippen LogP contribution >= 0.6 is 0 Å². The van der Waals surface area contributed by atoms with Crippen molar-refractivity contribution in [2.45, 2.75) is 0 Å². The van der Waals surface area contributed by atoms with E-state index in [2.05, 4.69) is 243 Å². The number of anilines is 3. The van der Waals surface area contributed by atoms with Crippen LogP contribution in [0, 0.1) is 0 Å². The topological polar surface area (TPSA) is 3.24 Å². The van der Waals surface area contributed by atoms with Crippen molar-refractivity contribution in [3.05, 3.63) is 248 Å². The highest BCUT2D eigenvalue weighted by molar-refractivity contribution is 6.21. The van der Waals surface area contributed by atoms with Crippen molar-refractivity contribution < 1.29 is 0 Å². The third-order valence-corrected chi connectivity index (χ3v) is 11.8. The van der Waals surface area contributed by atoms with Crippen LogP contribution in [-0.4, -0.2) is 0 Å². The van der Waals surface area contributed by atoms with Crippen molar-refractivity contribution in [2.75, 3.05) is 4.90 Å². The molecule has 0 fully saturated rings. The molecular formula is C60H43N. The largest absolute Gasteiger partial charge is 0.310 e. The molecular weight excluding hydrogens is 735 g/mol. The minimum atomic E-state index is 1.05. The average Bonchev–Trinajstić information content (AvgIpc) is 3.33. The summed E-state index contributed by atoms with van der Waals surface area (Å²) >= 11 is 0. The highest BCUT2D eigenvalue weighted by Gasteiger charge is 2.18. The molecule has 10 rings (SSSR count). The third-order valence-electron chi connectivity index (χ3n) is 11.8. The molecule has 1 heteroatoms. The fourth-order valence-electron chi connectivity index (χ4n) is 8.72. The number of para-hydroxylation sites is 1. The van der Waals surface area contributed by atoms with Gasteiger partial charge in [0.25, 0.3) is 0 Å². The molecule has 0 N–H and O–H groups in total. The zero-order valence-electron chi connectivity index (χ0n) is 33.9. The van der Waals surface area contributed by atoms with Crippen LogP contribution in [0.2, 0.25) is 0 Å². The van der Waals surface area contributed by atoms with Crippen LogP contribution in [0.25, 0.3) is 90.0 Å². The SMILES string of the molecule is C=Cc1ccc(N(c2ccccc2)c2ccc(-c3c4ccccc4c(-c4ccc(C=Cc5ccc(-c6ccc7ccccc7c6)cc5)cc4)c4ccccc34)cc2)cc1C=C. The molecule has 0 aromatic heterocycles. The van der Waals surface area contributed by atoms with Gasteiger partial charge in [0.05, 0.1) is 0 Å². The van der Waals surface area contributed by atoms with Gasteiger partial charge in [0, 0.05) is 17.1 Å². The maximum atomic E-state index is 4.07. The highest BCUT2D eigenvalue weighted by Crippen LogP contribution is 2.45. The van der Waals surface area contributed by atoms with Gasteiger partial charge in [-0.25, -0.2) is 0 Å². The molecule has 10 aromatic carbocycles. The van der Waals surface area contributed by atoms with E-state index in [1.807, 2.05) is 12.2 Å². The van der Waals surface area contributed by atoms with E-state index in [0.29, 0.717) is 0 Å². The maximum Gasteiger partial charge on any atom is 0.0467 e. The predicted molar refractivity (Wildman–Crippen MR) is 266 cm³/mol. The van der Waals surface area contributed by atoms with Gasteiger partial charge in [-0.15, -0.1) is 0 Å². The molecule has 0 unspecified atom stereocenters. The summed E-state index contributed by atoms with van der Waals surface area (Å²) in [7, 11) is 0. The Labute approximate surface area is 358 Å². The first-order valence-corrected chi connectivity index (χ1v) is 20.8. The molecule has 0 aliphatic heterocycles. The van der Waals surface area contributed by atoms with Gasteiger partial charge in [-0.05, 0) is 130 Å². The second kappa shape index (κ2) is 16.3. The quantitative estimate of drug-likeness (QED) is 0.0987. The number of rotatable bonds is 10. The van der Waals surface area contributed by atoms with Gasteiger partial charge < -0.3 is 4.90 Å². The Bertz CT molecular complexity index is 3190. The van der Waals surface area contributed by atoms with Crippen LogP contribution in [0.15, 0.2) is 225 Å². The molecule has 0 amide bonds. The van der Waals surface area contributed by atoms with Gasteiger partial charge in [-0.2, -0.15) is 0 Å². The lowest BCUT2D eigenvalue weighted by Gasteiger charge is -2.26. The number of benzene rings is 10. The fraction of sp³-hybridized carbons (Fsp3) is 0. The van der Waals surface area contributed by atoms with E-state index in [9.17, 15) is 0 Å². The fourth-order valence-corrected chi connectivity index (χ4v) is 8.72. The molecule has 0 radical (unpaired) electrons. The number of hydrogen-bond donors (Lipinski definition) is 0. The van der Waals surface area contributed by atoms with E-state index in [1.165, 1.54) is 71.3 Å². The van der Waals surface area contributed by atoms with Crippen LogP contribution in [0.4, 0.5) is 17.1 Å². The summed E-state index contributed by atoms with van der Waals surface area (Å²) in [5.74, 6) is 0. The summed E-state index contributed by atoms with van der Waals surface area (Å²) < 4.78 is 0. The molecule has 0 saturated carbocycles. The van der Waals surface area contributed by atoms with E-state index >= 15 is 0 Å². The average molecular weight is 778 g/mol. The Morgan fingerprint density at radius 1 is 0.311 bits per heavy atom. The lowest BCUT2D eigenvalue weighted by molar-refractivity contribution is 1.28. The van der Waals surface area contributed by atoms with E-state index in [0.717, 1.165) is 33.8 Å². The summed E-state index contributed by atoms with van der Waals surface area (Å²) in [5, 5.41) is 7.46. The Kier molecular flexibility index (Phi) is 9.98. The molecule has 10 aromatic rings. The van der Waals surface area contributed by atoms with Gasteiger partial charge >= 0.3 is 0 Å². The summed E-state index contributed by atoms with van der Waals surface area (Å²) in [5.41, 5.74) is 15.0. The monoisotopic (exact) mass is 777 g/mol. The third kappa shape index (κ3) is 7.24. The van der Waals surface area contributed by atoms with Gasteiger partial charge in [-0.1, -0.05) is 207 Å². The first-order chi connectivity index (χ1) is 30.1. The normalized spacial score (nSPS) is 11.3. The molecule has 288 valence electrons. The Morgan fingerprint density at radius 3 is 1.31 bits per heavy atom. The number of hydrogen-bond acceptors (Lipinski definition) is 1. The second-order valence-electron chi connectivity index (χ2n) is 15.4. The molecule has 0 atom stereocenters. The van der Waals surface area contributed by atoms with Crippen molar-refractivity contribution in [2.24, 2.45) is 0 Å². The lowest BCUT2D eigenvalue weighted by Crippen LogP contribution is -2.10. The second-order valence-corrected chi connectivity index (χ2v) is 15.4. The van der Waals surface area contributed by atoms with Gasteiger partial charge in [0.1, 0.15) is 0 Å². The Hall–Kier alpha value is -8.00. The van der Waals surface area contributed by atoms with Crippen molar-refractivity contribution in [3.8, 4) is 33.4 Å². The molecule has 0 aliphatic rings. The summed E-state index contributed by atoms with van der Waals surface area (Å²) in [6, 6.07) is 76.7. The van der Waals surface area contributed by atoms with Crippen molar-refractivity contribution >= 4 is 73.7 Å². The van der Waals surface area contributed by atoms with Gasteiger partial charge in [0.2, 0.25) is 0 Å². The molecule has 1 nitrogen and oxygen atoms in total. The summed E-state index contributed by atoms with van der Waals surface area (Å²) in [6.07, 6.45) is 8.17. The minimum Gasteiger partial charge on any atom is -0.310 e. The van der Waals surface area contributed by atoms with Crippen LogP contribution in [0.1, 0.15) is 22.3 Å². The molecule has 0 saturated heterocycles. The van der Waals surface area contributed by atoms with Crippen molar-refractivity contribution in [3.63, 3.8) is 0 Å². The molecule has 61 heavy (non-hydrogen) atoms. The van der Waals surface area contributed by atoms with Crippen LogP contribution in [0.5, 0.6) is 0 Å². The zero-order valence-corrected chi connectivity index (χ0v) is 33.9. The van der Waals surface area contributed by atoms with Crippen molar-refractivity contribution in [1.29, 1.82) is 0 Å². The number of fused-ring (bicyclic) bond motifs is 3. The first kappa shape index (κ1) is 37.3. The maximum absolute atomic E-state index is 4.07. The van der Waals surface area contributed by atoms with E-state index in [4.69, 9.17) is 0 Å². The zero-order chi connectivity index (χ0) is 41.1. The summed E-state index contributed by atoms with van der Waals surface area (Å²) in [6.45, 7) is 8.08. The standard InChI is InChI=1S/C60H43N/c1-3-44-34-39-54(41-45(44)4-2)61(52-16-6-5-7-17-52)53-37-35-49(36-38-53)60-57-20-12-10-18-55(57)59(56-19-11-13-21-58(56)60)48-30-26-43(27-31-48)23-22-42-24-28-47(29-25-42)51-33-32-46-14-8-9-15-50(46)40-51/h3-41H,1-2H2. The van der Waals surface area contributed by atoms with Crippen LogP contribution < -0.4 is 4.90 Å². The Morgan fingerprint density at radius 2 is 0.754 bits per heavy atom. The van der Waals surface area contributed by atoms with Crippen LogP contribution in [-0.2, 0) is 0 Å². The molecule has 0 spiro atoms. The highest BCUT2D eigenvalue weighted by atomic mass is 15.1. The smallest absolute Gasteiger partial charge is 0.0467 e. The molecule has 0 heterocycles. The Balaban J connectivity index is 0.974. The first-order valence-electron chi connectivity index (χ1n) is 20.8. The molecule has 0 aliphatic carbocycles. The van der Waals surface area contributed by atoms with Crippen molar-refractivity contribution in [1.82, 2.24) is 0 Å². The molecule has 0 bridgehead atoms. The number of nitrogens with zero attached hydrogens (tertiary/aromatic N) is 1. The van der Waals surface area contributed by atoms with Gasteiger partial charge in [-0.3, -0.25) is 0 Å². The van der Waals surface area contributed by atoms with E-state index in [1.54, 1.807) is 0 Å². The van der Waals surface area contributed by atoms with E-state index < -0.39 is 0 Å². The van der Waals surface area contributed by atoms with Gasteiger partial charge in [0.15, 0.2) is 0 Å². The predicted octanol–water partition coefficient (Wildman–Crippen LogP) is 17.1. The van der Waals surface area contributed by atoms with E-state index in [-0.39, 0.29) is 0 Å².